The van der Waals surface area contributed by atoms with Crippen molar-refractivity contribution in [3.8, 4) is 22.5 Å². The molecule has 38 heavy (non-hydrogen) atoms. The Morgan fingerprint density at radius 3 is 2.37 bits per heavy atom. The molecule has 0 atom stereocenters. The number of aryl methyl sites for hydroxylation is 2. The Hall–Kier alpha value is -2.12. The van der Waals surface area contributed by atoms with E-state index in [1.807, 2.05) is 54.8 Å². The van der Waals surface area contributed by atoms with E-state index in [4.69, 9.17) is 17.2 Å². The fourth-order valence-corrected chi connectivity index (χ4v) is 4.26. The van der Waals surface area contributed by atoms with Crippen molar-refractivity contribution in [2.75, 3.05) is 14.1 Å². The van der Waals surface area contributed by atoms with Crippen molar-refractivity contribution in [3.05, 3.63) is 81.5 Å². The van der Waals surface area contributed by atoms with E-state index in [1.165, 1.54) is 0 Å². The van der Waals surface area contributed by atoms with Crippen LogP contribution in [0.15, 0.2) is 53.3 Å². The van der Waals surface area contributed by atoms with Crippen LogP contribution < -0.4 is 62.0 Å². The van der Waals surface area contributed by atoms with Gasteiger partial charge in [0.05, 0.1) is 11.5 Å². The monoisotopic (exact) mass is 557 g/mol. The second-order valence-corrected chi connectivity index (χ2v) is 9.47. The van der Waals surface area contributed by atoms with Gasteiger partial charge in [-0.05, 0) is 35.6 Å². The Morgan fingerprint density at radius 2 is 1.76 bits per heavy atom. The first-order chi connectivity index (χ1) is 17.4. The Kier molecular flexibility index (Phi) is 12.6. The summed E-state index contributed by atoms with van der Waals surface area (Å²) >= 11 is 5.49. The molecule has 2 aromatic heterocycles. The number of rotatable bonds is 9. The summed E-state index contributed by atoms with van der Waals surface area (Å²) < 4.78 is 1.81. The average molecular weight is 558 g/mol. The summed E-state index contributed by atoms with van der Waals surface area (Å²) in [5.41, 5.74) is 5.33. The van der Waals surface area contributed by atoms with Crippen molar-refractivity contribution in [2.24, 2.45) is 0 Å². The smallest absolute Gasteiger partial charge is 0.412 e. The number of unbranched alkanes of at least 4 members (excludes halogenated alkanes) is 1. The van der Waals surface area contributed by atoms with Gasteiger partial charge in [-0.25, -0.2) is 4.98 Å². The molecule has 0 aliphatic carbocycles. The van der Waals surface area contributed by atoms with Crippen LogP contribution in [-0.2, 0) is 19.4 Å². The Balaban J connectivity index is 0.00000253. The number of tetrazole rings is 1. The van der Waals surface area contributed by atoms with Gasteiger partial charge in [-0.3, -0.25) is 19.7 Å². The van der Waals surface area contributed by atoms with Crippen molar-refractivity contribution in [2.45, 2.75) is 46.1 Å². The first-order valence-electron chi connectivity index (χ1n) is 12.1. The van der Waals surface area contributed by atoms with Crippen LogP contribution in [0.1, 0.15) is 42.4 Å². The van der Waals surface area contributed by atoms with Crippen LogP contribution in [0.5, 0.6) is 0 Å². The fourth-order valence-electron chi connectivity index (χ4n) is 4.11. The fraction of sp³-hybridized carbons (Fsp3) is 0.333. The van der Waals surface area contributed by atoms with Crippen LogP contribution >= 0.6 is 12.2 Å². The number of aromatic nitrogens is 6. The van der Waals surface area contributed by atoms with Gasteiger partial charge in [0.1, 0.15) is 5.82 Å². The van der Waals surface area contributed by atoms with E-state index in [0.717, 1.165) is 53.0 Å². The maximum absolute atomic E-state index is 13.6. The predicted molar refractivity (Wildman–Crippen MR) is 149 cm³/mol. The molecule has 0 unspecified atom stereocenters. The molecule has 11 heteroatoms. The summed E-state index contributed by atoms with van der Waals surface area (Å²) in [6, 6.07) is 16.1. The van der Waals surface area contributed by atoms with E-state index in [0.29, 0.717) is 29.3 Å². The van der Waals surface area contributed by atoms with Gasteiger partial charge in [0.25, 0.3) is 5.56 Å². The number of nitrogens with zero attached hydrogens (tertiary/aromatic N) is 7. The van der Waals surface area contributed by atoms with Crippen LogP contribution in [0, 0.1) is 6.92 Å². The third kappa shape index (κ3) is 7.50. The minimum absolute atomic E-state index is 0. The van der Waals surface area contributed by atoms with Crippen molar-refractivity contribution in [3.63, 3.8) is 0 Å². The first-order valence-corrected chi connectivity index (χ1v) is 12.5. The third-order valence-corrected chi connectivity index (χ3v) is 6.73. The van der Waals surface area contributed by atoms with Crippen LogP contribution in [0.2, 0.25) is 0 Å². The SMILES string of the molecule is CCCCc1nc(C)c(CC(=S)N(C)C)c(=O)n1Cc1ccc(-c2ccccc2-c2nnn[n-]2)cc1.O.[K+]. The average Bonchev–Trinajstić information content (AvgIpc) is 3.42. The minimum atomic E-state index is -0.0134. The molecular formula is C27H32KN7O2S. The molecule has 0 spiro atoms. The van der Waals surface area contributed by atoms with Crippen molar-refractivity contribution in [1.29, 1.82) is 0 Å². The molecule has 4 aromatic rings. The van der Waals surface area contributed by atoms with E-state index in [9.17, 15) is 4.79 Å². The van der Waals surface area contributed by atoms with Crippen LogP contribution in [-0.4, -0.2) is 54.5 Å². The van der Waals surface area contributed by atoms with Gasteiger partial charge in [0.2, 0.25) is 0 Å². The Morgan fingerprint density at radius 1 is 1.08 bits per heavy atom. The largest absolute Gasteiger partial charge is 1.00 e. The van der Waals surface area contributed by atoms with Crippen molar-refractivity contribution in [1.82, 2.24) is 35.1 Å². The van der Waals surface area contributed by atoms with Gasteiger partial charge in [-0.1, -0.05) is 74.1 Å². The quantitative estimate of drug-likeness (QED) is 0.209. The topological polar surface area (TPSA) is 122 Å². The molecule has 194 valence electrons. The van der Waals surface area contributed by atoms with Gasteiger partial charge in [0, 0.05) is 44.0 Å². The van der Waals surface area contributed by atoms with Gasteiger partial charge < -0.3 is 15.5 Å². The molecule has 0 aliphatic heterocycles. The maximum atomic E-state index is 13.6. The molecule has 0 aliphatic rings. The minimum Gasteiger partial charge on any atom is -0.412 e. The number of hydrogen-bond acceptors (Lipinski definition) is 6. The Labute approximate surface area is 270 Å². The van der Waals surface area contributed by atoms with Crippen molar-refractivity contribution < 1.29 is 56.9 Å². The molecule has 0 fully saturated rings. The zero-order valence-electron chi connectivity index (χ0n) is 22.6. The van der Waals surface area contributed by atoms with E-state index in [1.54, 1.807) is 0 Å². The Bertz CT molecular complexity index is 1400. The predicted octanol–water partition coefficient (Wildman–Crippen LogP) is 0.0296. The molecule has 0 bridgehead atoms. The zero-order chi connectivity index (χ0) is 25.7. The number of hydrogen-bond donors (Lipinski definition) is 0. The van der Waals surface area contributed by atoms with Gasteiger partial charge in [-0.2, -0.15) is 5.21 Å². The summed E-state index contributed by atoms with van der Waals surface area (Å²) in [5, 5.41) is 15.2. The normalized spacial score (nSPS) is 10.4. The second kappa shape index (κ2) is 14.9. The molecule has 0 saturated carbocycles. The summed E-state index contributed by atoms with van der Waals surface area (Å²) in [7, 11) is 3.80. The summed E-state index contributed by atoms with van der Waals surface area (Å²) in [6.07, 6.45) is 3.19. The number of thiocarbonyl (C=S) groups is 1. The van der Waals surface area contributed by atoms with E-state index in [2.05, 4.69) is 51.8 Å². The molecule has 2 aromatic carbocycles. The molecular weight excluding hydrogens is 526 g/mol. The van der Waals surface area contributed by atoms with E-state index < -0.39 is 0 Å². The van der Waals surface area contributed by atoms with E-state index in [-0.39, 0.29) is 62.4 Å². The van der Waals surface area contributed by atoms with Gasteiger partial charge in [0.15, 0.2) is 0 Å². The standard InChI is InChI=1S/C27H30N7OS.K.H2O/c1-5-6-11-24-28-18(2)23(16-25(36)33(3)4)27(35)34(24)17-19-12-14-20(15-13-19)21-9-7-8-10-22(21)26-29-31-32-30-26;;/h7-10,12-15H,5-6,11,16-17H2,1-4H3;;1H2/q-1;+1;. The molecule has 2 heterocycles. The maximum Gasteiger partial charge on any atom is 1.00 e. The summed E-state index contributed by atoms with van der Waals surface area (Å²) in [5.74, 6) is 1.32. The van der Waals surface area contributed by atoms with Crippen LogP contribution in [0.4, 0.5) is 0 Å². The zero-order valence-corrected chi connectivity index (χ0v) is 26.5. The van der Waals surface area contributed by atoms with Crippen LogP contribution in [0.3, 0.4) is 0 Å². The van der Waals surface area contributed by atoms with Crippen molar-refractivity contribution >= 4 is 17.2 Å². The van der Waals surface area contributed by atoms with Gasteiger partial charge >= 0.3 is 51.4 Å². The molecule has 9 nitrogen and oxygen atoms in total. The molecule has 0 radical (unpaired) electrons. The summed E-state index contributed by atoms with van der Waals surface area (Å²) in [4.78, 5) is 21.0. The summed E-state index contributed by atoms with van der Waals surface area (Å²) in [6.45, 7) is 4.50. The van der Waals surface area contributed by atoms with Crippen LogP contribution in [0.25, 0.3) is 22.5 Å². The molecule has 0 saturated heterocycles. The third-order valence-electron chi connectivity index (χ3n) is 6.22. The van der Waals surface area contributed by atoms with E-state index >= 15 is 0 Å². The second-order valence-electron chi connectivity index (χ2n) is 9.00. The number of likely N-dealkylation sites (N-methyl/N-ethyl adjacent to an activating group) is 1. The first kappa shape index (κ1) is 32.1. The molecule has 4 rings (SSSR count). The van der Waals surface area contributed by atoms with Gasteiger partial charge in [-0.15, -0.1) is 0 Å². The number of benzene rings is 2. The molecule has 0 amide bonds. The molecule has 2 N–H and O–H groups in total.